The Morgan fingerprint density at radius 2 is 2.24 bits per heavy atom. The number of aryl methyl sites for hydroxylation is 1. The molecule has 1 aromatic heterocycles. The molecule has 1 aliphatic rings. The van der Waals surface area contributed by atoms with Crippen LogP contribution in [0.2, 0.25) is 0 Å². The first-order valence-electron chi connectivity index (χ1n) is 6.10. The number of nitrogens with zero attached hydrogens (tertiary/aromatic N) is 2. The highest BCUT2D eigenvalue weighted by Gasteiger charge is 2.20. The summed E-state index contributed by atoms with van der Waals surface area (Å²) >= 11 is 0. The first kappa shape index (κ1) is 10.5. The highest BCUT2D eigenvalue weighted by atomic mass is 15.2. The van der Waals surface area contributed by atoms with E-state index in [1.54, 1.807) is 0 Å². The smallest absolute Gasteiger partial charge is 0.0492 e. The van der Waals surface area contributed by atoms with Crippen molar-refractivity contribution in [1.29, 1.82) is 0 Å². The van der Waals surface area contributed by atoms with Crippen molar-refractivity contribution in [3.8, 4) is 0 Å². The van der Waals surface area contributed by atoms with Crippen molar-refractivity contribution in [2.45, 2.75) is 18.9 Å². The molecule has 0 spiro atoms. The molecule has 0 aliphatic carbocycles. The number of aromatic nitrogens is 2. The lowest BCUT2D eigenvalue weighted by atomic mass is 9.87. The van der Waals surface area contributed by atoms with Gasteiger partial charge < -0.3 is 5.32 Å². The van der Waals surface area contributed by atoms with Crippen molar-refractivity contribution in [2.75, 3.05) is 6.54 Å². The average molecular weight is 227 g/mol. The van der Waals surface area contributed by atoms with E-state index in [-0.39, 0.29) is 0 Å². The van der Waals surface area contributed by atoms with E-state index in [9.17, 15) is 0 Å². The van der Waals surface area contributed by atoms with Crippen molar-refractivity contribution in [3.05, 3.63) is 53.3 Å². The number of fused-ring (bicyclic) bond motifs is 1. The Morgan fingerprint density at radius 3 is 3.06 bits per heavy atom. The van der Waals surface area contributed by atoms with E-state index < -0.39 is 0 Å². The van der Waals surface area contributed by atoms with Gasteiger partial charge in [-0.2, -0.15) is 5.10 Å². The summed E-state index contributed by atoms with van der Waals surface area (Å²) in [5.41, 5.74) is 4.23. The maximum atomic E-state index is 4.23. The Morgan fingerprint density at radius 1 is 1.35 bits per heavy atom. The van der Waals surface area contributed by atoms with Gasteiger partial charge >= 0.3 is 0 Å². The molecule has 0 bridgehead atoms. The number of hydrogen-bond acceptors (Lipinski definition) is 2. The number of benzene rings is 1. The van der Waals surface area contributed by atoms with Crippen molar-refractivity contribution in [1.82, 2.24) is 15.1 Å². The van der Waals surface area contributed by atoms with Crippen LogP contribution in [0.1, 0.15) is 22.7 Å². The molecule has 1 N–H and O–H groups in total. The van der Waals surface area contributed by atoms with Gasteiger partial charge in [-0.25, -0.2) is 0 Å². The summed E-state index contributed by atoms with van der Waals surface area (Å²) in [4.78, 5) is 0. The van der Waals surface area contributed by atoms with Crippen LogP contribution in [0.25, 0.3) is 0 Å². The molecule has 0 radical (unpaired) electrons. The van der Waals surface area contributed by atoms with Gasteiger partial charge in [-0.15, -0.1) is 0 Å². The third kappa shape index (κ3) is 1.98. The second-order valence-corrected chi connectivity index (χ2v) is 4.68. The third-order valence-electron chi connectivity index (χ3n) is 3.58. The SMILES string of the molecule is Cn1nccc1CC1CNCc2ccccc21. The molecule has 2 aromatic rings. The van der Waals surface area contributed by atoms with E-state index >= 15 is 0 Å². The van der Waals surface area contributed by atoms with Crippen LogP contribution in [0.5, 0.6) is 0 Å². The summed E-state index contributed by atoms with van der Waals surface area (Å²) < 4.78 is 1.97. The first-order valence-corrected chi connectivity index (χ1v) is 6.10. The van der Waals surface area contributed by atoms with Crippen molar-refractivity contribution in [2.24, 2.45) is 7.05 Å². The molecule has 1 unspecified atom stereocenters. The minimum absolute atomic E-state index is 0.565. The monoisotopic (exact) mass is 227 g/mol. The molecule has 0 saturated carbocycles. The third-order valence-corrected chi connectivity index (χ3v) is 3.58. The molecule has 3 nitrogen and oxygen atoms in total. The summed E-state index contributed by atoms with van der Waals surface area (Å²) in [5.74, 6) is 0.565. The van der Waals surface area contributed by atoms with Gasteiger partial charge in [-0.1, -0.05) is 24.3 Å². The lowest BCUT2D eigenvalue weighted by Gasteiger charge is -2.26. The Balaban J connectivity index is 1.88. The molecule has 3 rings (SSSR count). The van der Waals surface area contributed by atoms with E-state index in [1.165, 1.54) is 16.8 Å². The fourth-order valence-corrected chi connectivity index (χ4v) is 2.62. The normalized spacial score (nSPS) is 19.0. The van der Waals surface area contributed by atoms with Gasteiger partial charge in [0, 0.05) is 37.9 Å². The largest absolute Gasteiger partial charge is 0.312 e. The van der Waals surface area contributed by atoms with Gasteiger partial charge in [0.15, 0.2) is 0 Å². The average Bonchev–Trinajstić information content (AvgIpc) is 2.76. The minimum atomic E-state index is 0.565. The fraction of sp³-hybridized carbons (Fsp3) is 0.357. The zero-order valence-corrected chi connectivity index (χ0v) is 10.1. The molecular weight excluding hydrogens is 210 g/mol. The van der Waals surface area contributed by atoms with E-state index in [0.717, 1.165) is 19.5 Å². The summed E-state index contributed by atoms with van der Waals surface area (Å²) in [6.07, 6.45) is 2.93. The zero-order valence-electron chi connectivity index (χ0n) is 10.1. The molecule has 3 heteroatoms. The summed E-state index contributed by atoms with van der Waals surface area (Å²) in [5, 5.41) is 7.73. The molecule has 0 saturated heterocycles. The lowest BCUT2D eigenvalue weighted by Crippen LogP contribution is -2.29. The molecule has 1 aromatic carbocycles. The van der Waals surface area contributed by atoms with Gasteiger partial charge in [0.25, 0.3) is 0 Å². The highest BCUT2D eigenvalue weighted by molar-refractivity contribution is 5.33. The molecule has 1 aliphatic heterocycles. The molecule has 1 atom stereocenters. The Hall–Kier alpha value is -1.61. The molecule has 0 fully saturated rings. The summed E-state index contributed by atoms with van der Waals surface area (Å²) in [7, 11) is 2.01. The van der Waals surface area contributed by atoms with Gasteiger partial charge in [-0.05, 0) is 23.6 Å². The topological polar surface area (TPSA) is 29.9 Å². The quantitative estimate of drug-likeness (QED) is 0.848. The maximum Gasteiger partial charge on any atom is 0.0492 e. The molecule has 17 heavy (non-hydrogen) atoms. The number of hydrogen-bond donors (Lipinski definition) is 1. The fourth-order valence-electron chi connectivity index (χ4n) is 2.62. The molecular formula is C14H17N3. The zero-order chi connectivity index (χ0) is 11.7. The van der Waals surface area contributed by atoms with E-state index in [4.69, 9.17) is 0 Å². The van der Waals surface area contributed by atoms with Crippen LogP contribution in [0.4, 0.5) is 0 Å². The van der Waals surface area contributed by atoms with Crippen molar-refractivity contribution in [3.63, 3.8) is 0 Å². The maximum absolute atomic E-state index is 4.23. The second-order valence-electron chi connectivity index (χ2n) is 4.68. The Bertz CT molecular complexity index is 516. The predicted octanol–water partition coefficient (Wildman–Crippen LogP) is 1.85. The standard InChI is InChI=1S/C14H17N3/c1-17-13(6-7-16-17)8-12-10-15-9-11-4-2-3-5-14(11)12/h2-7,12,15H,8-10H2,1H3. The van der Waals surface area contributed by atoms with E-state index in [1.807, 2.05) is 17.9 Å². The Labute approximate surface area is 101 Å². The molecule has 2 heterocycles. The van der Waals surface area contributed by atoms with Crippen molar-refractivity contribution >= 4 is 0 Å². The van der Waals surface area contributed by atoms with Crippen LogP contribution < -0.4 is 5.32 Å². The van der Waals surface area contributed by atoms with Crippen LogP contribution in [-0.2, 0) is 20.0 Å². The Kier molecular flexibility index (Phi) is 2.69. The van der Waals surface area contributed by atoms with Crippen LogP contribution in [-0.4, -0.2) is 16.3 Å². The van der Waals surface area contributed by atoms with Gasteiger partial charge in [-0.3, -0.25) is 4.68 Å². The van der Waals surface area contributed by atoms with E-state index in [2.05, 4.69) is 40.7 Å². The highest BCUT2D eigenvalue weighted by Crippen LogP contribution is 2.26. The first-order chi connectivity index (χ1) is 8.34. The van der Waals surface area contributed by atoms with Gasteiger partial charge in [0.1, 0.15) is 0 Å². The van der Waals surface area contributed by atoms with Crippen LogP contribution in [0.3, 0.4) is 0 Å². The summed E-state index contributed by atoms with van der Waals surface area (Å²) in [6, 6.07) is 10.8. The van der Waals surface area contributed by atoms with E-state index in [0.29, 0.717) is 5.92 Å². The molecule has 88 valence electrons. The predicted molar refractivity (Wildman–Crippen MR) is 67.8 cm³/mol. The number of nitrogens with one attached hydrogen (secondary N) is 1. The van der Waals surface area contributed by atoms with Gasteiger partial charge in [0.2, 0.25) is 0 Å². The minimum Gasteiger partial charge on any atom is -0.312 e. The second kappa shape index (κ2) is 4.34. The lowest BCUT2D eigenvalue weighted by molar-refractivity contribution is 0.524. The van der Waals surface area contributed by atoms with Crippen LogP contribution in [0.15, 0.2) is 36.5 Å². The number of rotatable bonds is 2. The van der Waals surface area contributed by atoms with Gasteiger partial charge in [0.05, 0.1) is 0 Å². The van der Waals surface area contributed by atoms with Crippen LogP contribution in [0, 0.1) is 0 Å². The van der Waals surface area contributed by atoms with Crippen molar-refractivity contribution < 1.29 is 0 Å². The summed E-state index contributed by atoms with van der Waals surface area (Å²) in [6.45, 7) is 2.06. The van der Waals surface area contributed by atoms with Crippen LogP contribution >= 0.6 is 0 Å². The molecule has 0 amide bonds.